The Morgan fingerprint density at radius 3 is 2.48 bits per heavy atom. The number of hydrogen-bond acceptors (Lipinski definition) is 6. The standard InChI is InChI=1S/C15H28N3O2S.CH4O/c1-5-8-9-10-11-20-15-14(16-21-17-15)13(6-2)12-18(4,19)7-3;1-2/h6,19H,5,7-12H2,1-4H3;2H,1H3/q+1;/b13-6+;. The Bertz CT molecular complexity index is 448. The lowest BCUT2D eigenvalue weighted by Gasteiger charge is -2.24. The molecule has 134 valence electrons. The highest BCUT2D eigenvalue weighted by atomic mass is 32.1. The number of hydrogen-bond donors (Lipinski definition) is 2. The monoisotopic (exact) mass is 346 g/mol. The molecule has 2 N–H and O–H groups in total. The number of quaternary nitrogens is 1. The normalized spacial score (nSPS) is 14.0. The fourth-order valence-corrected chi connectivity index (χ4v) is 2.48. The summed E-state index contributed by atoms with van der Waals surface area (Å²) >= 11 is 1.16. The summed E-state index contributed by atoms with van der Waals surface area (Å²) in [5.41, 5.74) is 1.74. The molecule has 7 heteroatoms. The minimum absolute atomic E-state index is 0.0624. The van der Waals surface area contributed by atoms with Gasteiger partial charge in [0.1, 0.15) is 18.8 Å². The molecule has 1 aromatic heterocycles. The number of aromatic nitrogens is 2. The predicted molar refractivity (Wildman–Crippen MR) is 94.7 cm³/mol. The minimum Gasteiger partial charge on any atom is -0.475 e. The summed E-state index contributed by atoms with van der Waals surface area (Å²) in [7, 11) is 2.79. The van der Waals surface area contributed by atoms with Crippen molar-refractivity contribution in [1.29, 1.82) is 0 Å². The average Bonchev–Trinajstić information content (AvgIpc) is 3.03. The number of rotatable bonds is 10. The Kier molecular flexibility index (Phi) is 11.9. The van der Waals surface area contributed by atoms with Gasteiger partial charge in [0.15, 0.2) is 0 Å². The Hall–Kier alpha value is -1.02. The number of likely N-dealkylation sites (N-methyl/N-ethyl adjacent to an activating group) is 1. The second-order valence-electron chi connectivity index (χ2n) is 5.45. The summed E-state index contributed by atoms with van der Waals surface area (Å²) in [5.74, 6) is 0.598. The van der Waals surface area contributed by atoms with Gasteiger partial charge >= 0.3 is 0 Å². The first-order valence-electron chi connectivity index (χ1n) is 8.17. The third-order valence-corrected chi connectivity index (χ3v) is 4.05. The molecule has 0 bridgehead atoms. The van der Waals surface area contributed by atoms with Crippen LogP contribution in [0.15, 0.2) is 6.08 Å². The first-order valence-corrected chi connectivity index (χ1v) is 8.90. The zero-order valence-corrected chi connectivity index (χ0v) is 15.9. The second kappa shape index (κ2) is 12.4. The molecule has 0 aromatic carbocycles. The molecular weight excluding hydrogens is 314 g/mol. The smallest absolute Gasteiger partial charge is 0.253 e. The largest absolute Gasteiger partial charge is 0.475 e. The van der Waals surface area contributed by atoms with Gasteiger partial charge in [-0.1, -0.05) is 32.3 Å². The van der Waals surface area contributed by atoms with Crippen LogP contribution in [0.4, 0.5) is 0 Å². The SMILES string of the molecule is C/C=C(\C[N+](C)(O)CC)c1nsnc1OCCCCCC.CO. The maximum atomic E-state index is 10.2. The molecule has 0 aliphatic rings. The molecule has 23 heavy (non-hydrogen) atoms. The number of aliphatic hydroxyl groups is 1. The van der Waals surface area contributed by atoms with Gasteiger partial charge in [0.25, 0.3) is 5.88 Å². The Morgan fingerprint density at radius 2 is 1.91 bits per heavy atom. The Labute approximate surface area is 144 Å². The van der Waals surface area contributed by atoms with Crippen molar-refractivity contribution in [1.82, 2.24) is 8.75 Å². The summed E-state index contributed by atoms with van der Waals surface area (Å²) in [6.07, 6.45) is 6.65. The first-order chi connectivity index (χ1) is 11.0. The first kappa shape index (κ1) is 22.0. The van der Waals surface area contributed by atoms with E-state index in [9.17, 15) is 5.21 Å². The zero-order chi connectivity index (χ0) is 17.7. The summed E-state index contributed by atoms with van der Waals surface area (Å²) in [6.45, 7) is 7.92. The fraction of sp³-hybridized carbons (Fsp3) is 0.750. The quantitative estimate of drug-likeness (QED) is 0.386. The summed E-state index contributed by atoms with van der Waals surface area (Å²) < 4.78 is 14.3. The molecule has 0 aliphatic heterocycles. The van der Waals surface area contributed by atoms with Crippen LogP contribution in [0.3, 0.4) is 0 Å². The van der Waals surface area contributed by atoms with Crippen LogP contribution in [-0.4, -0.2) is 57.6 Å². The number of aliphatic hydroxyl groups excluding tert-OH is 1. The molecule has 0 amide bonds. The van der Waals surface area contributed by atoms with Crippen LogP contribution in [0.1, 0.15) is 52.1 Å². The highest BCUT2D eigenvalue weighted by Gasteiger charge is 2.23. The van der Waals surface area contributed by atoms with Crippen LogP contribution < -0.4 is 4.74 Å². The van der Waals surface area contributed by atoms with Gasteiger partial charge in [0.2, 0.25) is 0 Å². The van der Waals surface area contributed by atoms with Crippen LogP contribution in [0.5, 0.6) is 5.88 Å². The van der Waals surface area contributed by atoms with Crippen molar-refractivity contribution >= 4 is 17.3 Å². The lowest BCUT2D eigenvalue weighted by Crippen LogP contribution is -2.41. The van der Waals surface area contributed by atoms with Crippen molar-refractivity contribution in [2.75, 3.05) is 33.9 Å². The van der Waals surface area contributed by atoms with E-state index < -0.39 is 0 Å². The Morgan fingerprint density at radius 1 is 1.22 bits per heavy atom. The van der Waals surface area contributed by atoms with Crippen molar-refractivity contribution in [2.45, 2.75) is 46.5 Å². The number of hydroxylamine groups is 3. The number of nitrogens with zero attached hydrogens (tertiary/aromatic N) is 3. The van der Waals surface area contributed by atoms with Gasteiger partial charge < -0.3 is 9.84 Å². The van der Waals surface area contributed by atoms with Crippen LogP contribution in [-0.2, 0) is 0 Å². The van der Waals surface area contributed by atoms with E-state index in [0.717, 1.165) is 36.5 Å². The number of ether oxygens (including phenoxy) is 1. The maximum Gasteiger partial charge on any atom is 0.253 e. The highest BCUT2D eigenvalue weighted by molar-refractivity contribution is 6.99. The zero-order valence-electron chi connectivity index (χ0n) is 15.1. The van der Waals surface area contributed by atoms with Gasteiger partial charge in [-0.2, -0.15) is 9.02 Å². The molecular formula is C16H32N3O3S+. The van der Waals surface area contributed by atoms with E-state index in [4.69, 9.17) is 9.84 Å². The molecule has 1 heterocycles. The molecule has 0 saturated heterocycles. The molecule has 0 aliphatic carbocycles. The van der Waals surface area contributed by atoms with Gasteiger partial charge in [0, 0.05) is 12.7 Å². The highest BCUT2D eigenvalue weighted by Crippen LogP contribution is 2.26. The van der Waals surface area contributed by atoms with Crippen LogP contribution in [0.2, 0.25) is 0 Å². The molecule has 1 aromatic rings. The van der Waals surface area contributed by atoms with E-state index in [1.807, 2.05) is 19.9 Å². The second-order valence-corrected chi connectivity index (χ2v) is 5.98. The van der Waals surface area contributed by atoms with Crippen molar-refractivity contribution in [3.8, 4) is 5.88 Å². The number of unbranched alkanes of at least 4 members (excludes halogenated alkanes) is 3. The molecule has 1 rings (SSSR count). The van der Waals surface area contributed by atoms with Crippen LogP contribution in [0.25, 0.3) is 5.57 Å². The predicted octanol–water partition coefficient (Wildman–Crippen LogP) is 3.36. The van der Waals surface area contributed by atoms with Gasteiger partial charge in [-0.05, 0) is 20.3 Å². The van der Waals surface area contributed by atoms with Crippen molar-refractivity contribution in [3.63, 3.8) is 0 Å². The van der Waals surface area contributed by atoms with Crippen molar-refractivity contribution in [2.24, 2.45) is 0 Å². The van der Waals surface area contributed by atoms with E-state index in [1.165, 1.54) is 19.3 Å². The van der Waals surface area contributed by atoms with Crippen LogP contribution >= 0.6 is 11.7 Å². The summed E-state index contributed by atoms with van der Waals surface area (Å²) in [4.78, 5) is 0. The van der Waals surface area contributed by atoms with E-state index in [2.05, 4.69) is 15.7 Å². The lowest BCUT2D eigenvalue weighted by atomic mass is 10.1. The molecule has 0 spiro atoms. The lowest BCUT2D eigenvalue weighted by molar-refractivity contribution is -1.08. The minimum atomic E-state index is -0.0624. The summed E-state index contributed by atoms with van der Waals surface area (Å²) in [6, 6.07) is 0. The van der Waals surface area contributed by atoms with Crippen LogP contribution in [0, 0.1) is 0 Å². The van der Waals surface area contributed by atoms with E-state index in [0.29, 0.717) is 25.6 Å². The third kappa shape index (κ3) is 8.41. The molecule has 1 atom stereocenters. The topological polar surface area (TPSA) is 75.5 Å². The van der Waals surface area contributed by atoms with Gasteiger partial charge in [0.05, 0.1) is 25.4 Å². The van der Waals surface area contributed by atoms with E-state index >= 15 is 0 Å². The van der Waals surface area contributed by atoms with Crippen molar-refractivity contribution in [3.05, 3.63) is 11.8 Å². The van der Waals surface area contributed by atoms with Crippen molar-refractivity contribution < 1.29 is 19.7 Å². The fourth-order valence-electron chi connectivity index (χ4n) is 1.95. The summed E-state index contributed by atoms with van der Waals surface area (Å²) in [5, 5.41) is 17.2. The average molecular weight is 347 g/mol. The molecule has 1 unspecified atom stereocenters. The third-order valence-electron chi connectivity index (χ3n) is 3.54. The molecule has 0 radical (unpaired) electrons. The number of allylic oxidation sites excluding steroid dienone is 1. The van der Waals surface area contributed by atoms with E-state index in [1.54, 1.807) is 7.05 Å². The Balaban J connectivity index is 0.00000232. The van der Waals surface area contributed by atoms with Gasteiger partial charge in [-0.3, -0.25) is 0 Å². The molecule has 6 nitrogen and oxygen atoms in total. The van der Waals surface area contributed by atoms with E-state index in [-0.39, 0.29) is 4.65 Å². The van der Waals surface area contributed by atoms with Gasteiger partial charge in [-0.15, -0.1) is 4.37 Å². The molecule has 0 saturated carbocycles. The van der Waals surface area contributed by atoms with Gasteiger partial charge in [-0.25, -0.2) is 5.21 Å². The maximum absolute atomic E-state index is 10.2. The molecule has 0 fully saturated rings.